The number of nitrogens with one attached hydrogen (secondary N) is 1. The molecule has 0 aliphatic heterocycles. The quantitative estimate of drug-likeness (QED) is 0.434. The van der Waals surface area contributed by atoms with Crippen LogP contribution in [-0.2, 0) is 0 Å². The zero-order valence-corrected chi connectivity index (χ0v) is 14.9. The van der Waals surface area contributed by atoms with E-state index in [-0.39, 0.29) is 12.1 Å². The van der Waals surface area contributed by atoms with Gasteiger partial charge < -0.3 is 4.74 Å². The molecule has 0 aromatic heterocycles. The molecule has 2 aromatic carbocycles. The van der Waals surface area contributed by atoms with E-state index in [1.807, 2.05) is 56.3 Å². The van der Waals surface area contributed by atoms with Crippen molar-refractivity contribution in [2.45, 2.75) is 26.0 Å². The second-order valence-electron chi connectivity index (χ2n) is 5.01. The molecule has 2 aromatic rings. The first-order chi connectivity index (χ1) is 10.0. The Morgan fingerprint density at radius 3 is 2.48 bits per heavy atom. The van der Waals surface area contributed by atoms with Crippen LogP contribution in [0.4, 0.5) is 0 Å². The normalized spacial score (nSPS) is 12.5. The van der Waals surface area contributed by atoms with E-state index in [0.717, 1.165) is 25.5 Å². The molecule has 0 heterocycles. The lowest BCUT2D eigenvalue weighted by atomic mass is 9.99. The first kappa shape index (κ1) is 16.5. The molecule has 3 N–H and O–H groups in total. The minimum Gasteiger partial charge on any atom is -0.491 e. The van der Waals surface area contributed by atoms with Gasteiger partial charge in [-0.2, -0.15) is 0 Å². The maximum Gasteiger partial charge on any atom is 0.120 e. The molecule has 2 rings (SSSR count). The molecule has 0 saturated carbocycles. The highest BCUT2D eigenvalue weighted by molar-refractivity contribution is 14.1. The molecule has 0 bridgehead atoms. The van der Waals surface area contributed by atoms with Crippen molar-refractivity contribution in [3.63, 3.8) is 0 Å². The molecule has 112 valence electrons. The molecule has 1 atom stereocenters. The van der Waals surface area contributed by atoms with E-state index in [4.69, 9.17) is 22.2 Å². The molecular weight excluding hydrogens is 399 g/mol. The van der Waals surface area contributed by atoms with Crippen molar-refractivity contribution in [2.75, 3.05) is 0 Å². The topological polar surface area (TPSA) is 47.3 Å². The van der Waals surface area contributed by atoms with Crippen molar-refractivity contribution in [2.24, 2.45) is 5.84 Å². The van der Waals surface area contributed by atoms with Gasteiger partial charge in [-0.05, 0) is 71.8 Å². The van der Waals surface area contributed by atoms with Gasteiger partial charge in [0.25, 0.3) is 0 Å². The standard InChI is InChI=1S/C16H18ClIN2O/c1-10(2)21-13-5-3-4-11(8-13)16(20-19)12-6-7-15(18)14(17)9-12/h3-10,16,20H,19H2,1-2H3. The summed E-state index contributed by atoms with van der Waals surface area (Å²) in [6.07, 6.45) is 0.136. The van der Waals surface area contributed by atoms with E-state index in [9.17, 15) is 0 Å². The summed E-state index contributed by atoms with van der Waals surface area (Å²) in [6.45, 7) is 4.01. The molecule has 21 heavy (non-hydrogen) atoms. The minimum atomic E-state index is -0.129. The van der Waals surface area contributed by atoms with Gasteiger partial charge in [-0.15, -0.1) is 0 Å². The van der Waals surface area contributed by atoms with Crippen molar-refractivity contribution in [1.29, 1.82) is 0 Å². The average Bonchev–Trinajstić information content (AvgIpc) is 2.43. The van der Waals surface area contributed by atoms with Gasteiger partial charge in [0.05, 0.1) is 17.2 Å². The summed E-state index contributed by atoms with van der Waals surface area (Å²) in [5.74, 6) is 6.57. The van der Waals surface area contributed by atoms with Gasteiger partial charge in [0.2, 0.25) is 0 Å². The highest BCUT2D eigenvalue weighted by Gasteiger charge is 2.14. The molecule has 0 amide bonds. The lowest BCUT2D eigenvalue weighted by molar-refractivity contribution is 0.242. The van der Waals surface area contributed by atoms with Crippen molar-refractivity contribution >= 4 is 34.2 Å². The lowest BCUT2D eigenvalue weighted by Gasteiger charge is -2.19. The number of rotatable bonds is 5. The maximum atomic E-state index is 6.20. The van der Waals surface area contributed by atoms with Gasteiger partial charge in [-0.1, -0.05) is 29.8 Å². The van der Waals surface area contributed by atoms with Crippen molar-refractivity contribution in [3.05, 3.63) is 62.2 Å². The molecule has 3 nitrogen and oxygen atoms in total. The fraction of sp³-hybridized carbons (Fsp3) is 0.250. The largest absolute Gasteiger partial charge is 0.491 e. The van der Waals surface area contributed by atoms with Crippen LogP contribution in [0, 0.1) is 3.57 Å². The van der Waals surface area contributed by atoms with Crippen molar-refractivity contribution in [1.82, 2.24) is 5.43 Å². The highest BCUT2D eigenvalue weighted by Crippen LogP contribution is 2.28. The van der Waals surface area contributed by atoms with Crippen LogP contribution in [0.1, 0.15) is 31.0 Å². The average molecular weight is 417 g/mol. The van der Waals surface area contributed by atoms with Crippen LogP contribution in [0.25, 0.3) is 0 Å². The van der Waals surface area contributed by atoms with Gasteiger partial charge in [0.15, 0.2) is 0 Å². The molecule has 0 saturated heterocycles. The van der Waals surface area contributed by atoms with E-state index in [0.29, 0.717) is 0 Å². The summed E-state index contributed by atoms with van der Waals surface area (Å²) in [5.41, 5.74) is 4.90. The monoisotopic (exact) mass is 416 g/mol. The molecule has 5 heteroatoms. The Morgan fingerprint density at radius 1 is 1.14 bits per heavy atom. The van der Waals surface area contributed by atoms with Gasteiger partial charge in [0.1, 0.15) is 5.75 Å². The van der Waals surface area contributed by atoms with Crippen molar-refractivity contribution < 1.29 is 4.74 Å². The Labute approximate surface area is 143 Å². The summed E-state index contributed by atoms with van der Waals surface area (Å²) >= 11 is 8.41. The number of halogens is 2. The first-order valence-corrected chi connectivity index (χ1v) is 8.14. The zero-order valence-electron chi connectivity index (χ0n) is 11.9. The zero-order chi connectivity index (χ0) is 15.4. The molecular formula is C16H18ClIN2O. The molecule has 0 radical (unpaired) electrons. The van der Waals surface area contributed by atoms with Gasteiger partial charge in [-0.3, -0.25) is 5.84 Å². The van der Waals surface area contributed by atoms with Crippen LogP contribution in [0.2, 0.25) is 5.02 Å². The van der Waals surface area contributed by atoms with Crippen LogP contribution < -0.4 is 16.0 Å². The number of hydrazine groups is 1. The summed E-state index contributed by atoms with van der Waals surface area (Å²) in [4.78, 5) is 0. The van der Waals surface area contributed by atoms with E-state index < -0.39 is 0 Å². The number of hydrogen-bond acceptors (Lipinski definition) is 3. The summed E-state index contributed by atoms with van der Waals surface area (Å²) in [7, 11) is 0. The van der Waals surface area contributed by atoms with Crippen LogP contribution in [0.15, 0.2) is 42.5 Å². The Kier molecular flexibility index (Phi) is 5.87. The predicted octanol–water partition coefficient (Wildman–Crippen LogP) is 4.28. The van der Waals surface area contributed by atoms with E-state index in [2.05, 4.69) is 28.0 Å². The molecule has 1 unspecified atom stereocenters. The Morgan fingerprint density at radius 2 is 1.86 bits per heavy atom. The molecule has 0 fully saturated rings. The fourth-order valence-electron chi connectivity index (χ4n) is 2.12. The Bertz CT molecular complexity index is 619. The lowest BCUT2D eigenvalue weighted by Crippen LogP contribution is -2.28. The third-order valence-corrected chi connectivity index (χ3v) is 4.58. The van der Waals surface area contributed by atoms with Gasteiger partial charge >= 0.3 is 0 Å². The number of benzene rings is 2. The Hall–Kier alpha value is -0.820. The van der Waals surface area contributed by atoms with Crippen LogP contribution >= 0.6 is 34.2 Å². The SMILES string of the molecule is CC(C)Oc1cccc(C(NN)c2ccc(I)c(Cl)c2)c1. The molecule has 0 spiro atoms. The summed E-state index contributed by atoms with van der Waals surface area (Å²) in [5, 5.41) is 0.725. The summed E-state index contributed by atoms with van der Waals surface area (Å²) < 4.78 is 6.75. The van der Waals surface area contributed by atoms with E-state index >= 15 is 0 Å². The Balaban J connectivity index is 2.34. The maximum absolute atomic E-state index is 6.20. The molecule has 0 aliphatic carbocycles. The number of ether oxygens (including phenoxy) is 1. The van der Waals surface area contributed by atoms with E-state index in [1.165, 1.54) is 0 Å². The third-order valence-electron chi connectivity index (χ3n) is 3.01. The minimum absolute atomic E-state index is 0.129. The highest BCUT2D eigenvalue weighted by atomic mass is 127. The van der Waals surface area contributed by atoms with E-state index in [1.54, 1.807) is 0 Å². The second kappa shape index (κ2) is 7.45. The first-order valence-electron chi connectivity index (χ1n) is 6.69. The van der Waals surface area contributed by atoms with Crippen LogP contribution in [0.5, 0.6) is 5.75 Å². The predicted molar refractivity (Wildman–Crippen MR) is 95.5 cm³/mol. The smallest absolute Gasteiger partial charge is 0.120 e. The number of hydrogen-bond donors (Lipinski definition) is 2. The summed E-state index contributed by atoms with van der Waals surface area (Å²) in [6, 6.07) is 13.7. The van der Waals surface area contributed by atoms with Gasteiger partial charge in [-0.25, -0.2) is 5.43 Å². The van der Waals surface area contributed by atoms with Crippen molar-refractivity contribution in [3.8, 4) is 5.75 Å². The molecule has 0 aliphatic rings. The fourth-order valence-corrected chi connectivity index (χ4v) is 2.64. The van der Waals surface area contributed by atoms with Crippen LogP contribution in [-0.4, -0.2) is 6.10 Å². The van der Waals surface area contributed by atoms with Crippen LogP contribution in [0.3, 0.4) is 0 Å². The second-order valence-corrected chi connectivity index (χ2v) is 6.58. The third kappa shape index (κ3) is 4.32. The van der Waals surface area contributed by atoms with Gasteiger partial charge in [0, 0.05) is 3.57 Å². The number of nitrogens with two attached hydrogens (primary N) is 1.